The Balaban J connectivity index is 3.06. The monoisotopic (exact) mass is 178 g/mol. The third-order valence-electron chi connectivity index (χ3n) is 1.75. The van der Waals surface area contributed by atoms with Crippen LogP contribution in [0.25, 0.3) is 0 Å². The van der Waals surface area contributed by atoms with Crippen LogP contribution < -0.4 is 0 Å². The summed E-state index contributed by atoms with van der Waals surface area (Å²) in [5.41, 5.74) is 1.91. The van der Waals surface area contributed by atoms with Crippen LogP contribution in [0.2, 0.25) is 0 Å². The number of rotatable bonds is 1. The molecule has 13 heavy (non-hydrogen) atoms. The number of nitrogens with one attached hydrogen (secondary N) is 1. The summed E-state index contributed by atoms with van der Waals surface area (Å²) < 4.78 is 0. The number of allylic oxidation sites excluding steroid dienone is 5. The molecular weight excluding hydrogens is 168 g/mol. The summed E-state index contributed by atoms with van der Waals surface area (Å²) in [4.78, 5) is 9.86. The van der Waals surface area contributed by atoms with Gasteiger partial charge in [-0.15, -0.1) is 0 Å². The lowest BCUT2D eigenvalue weighted by Gasteiger charge is -2.06. The molecule has 0 amide bonds. The van der Waals surface area contributed by atoms with Gasteiger partial charge in [-0.2, -0.15) is 0 Å². The first-order valence-corrected chi connectivity index (χ1v) is 3.83. The zero-order valence-corrected chi connectivity index (χ0v) is 7.50. The minimum atomic E-state index is -0.493. The zero-order chi connectivity index (χ0) is 10.0. The molecule has 1 aliphatic rings. The van der Waals surface area contributed by atoms with Crippen LogP contribution in [0.1, 0.15) is 13.8 Å². The molecule has 4 nitrogen and oxygen atoms in total. The van der Waals surface area contributed by atoms with E-state index < -0.39 is 4.92 Å². The van der Waals surface area contributed by atoms with Crippen molar-refractivity contribution in [3.8, 4) is 0 Å². The van der Waals surface area contributed by atoms with E-state index in [1.807, 2.05) is 13.8 Å². The van der Waals surface area contributed by atoms with Crippen molar-refractivity contribution in [3.05, 3.63) is 45.2 Å². The van der Waals surface area contributed by atoms with Crippen LogP contribution >= 0.6 is 0 Å². The van der Waals surface area contributed by atoms with E-state index in [0.717, 1.165) is 11.1 Å². The highest BCUT2D eigenvalue weighted by Gasteiger charge is 2.15. The topological polar surface area (TPSA) is 67.0 Å². The van der Waals surface area contributed by atoms with Gasteiger partial charge in [-0.25, -0.2) is 0 Å². The molecule has 0 fully saturated rings. The number of nitrogens with zero attached hydrogens (tertiary/aromatic N) is 1. The molecule has 0 unspecified atom stereocenters. The van der Waals surface area contributed by atoms with E-state index in [1.54, 1.807) is 6.08 Å². The molecule has 0 bridgehead atoms. The van der Waals surface area contributed by atoms with Gasteiger partial charge in [-0.3, -0.25) is 10.1 Å². The third kappa shape index (κ3) is 1.90. The van der Waals surface area contributed by atoms with Crippen molar-refractivity contribution in [1.82, 2.24) is 0 Å². The van der Waals surface area contributed by atoms with Crippen LogP contribution in [-0.2, 0) is 0 Å². The van der Waals surface area contributed by atoms with Gasteiger partial charge in [0.15, 0.2) is 0 Å². The van der Waals surface area contributed by atoms with E-state index in [9.17, 15) is 10.1 Å². The lowest BCUT2D eigenvalue weighted by atomic mass is 10.00. The lowest BCUT2D eigenvalue weighted by Crippen LogP contribution is -2.07. The van der Waals surface area contributed by atoms with Crippen LogP contribution in [-0.4, -0.2) is 10.6 Å². The molecule has 68 valence electrons. The van der Waals surface area contributed by atoms with Crippen LogP contribution in [0.4, 0.5) is 0 Å². The van der Waals surface area contributed by atoms with Gasteiger partial charge in [0.1, 0.15) is 0 Å². The smallest absolute Gasteiger partial charge is 0.271 e. The molecule has 0 aromatic heterocycles. The van der Waals surface area contributed by atoms with Crippen LogP contribution in [0.15, 0.2) is 35.1 Å². The number of nitro groups is 1. The van der Waals surface area contributed by atoms with Crippen molar-refractivity contribution >= 4 is 5.71 Å². The molecule has 0 saturated heterocycles. The van der Waals surface area contributed by atoms with Gasteiger partial charge in [0.2, 0.25) is 0 Å². The predicted molar refractivity (Wildman–Crippen MR) is 50.3 cm³/mol. The second kappa shape index (κ2) is 3.35. The summed E-state index contributed by atoms with van der Waals surface area (Å²) in [6.07, 6.45) is 4.29. The van der Waals surface area contributed by atoms with E-state index in [1.165, 1.54) is 12.2 Å². The molecule has 0 radical (unpaired) electrons. The Morgan fingerprint density at radius 3 is 2.46 bits per heavy atom. The molecule has 1 rings (SSSR count). The van der Waals surface area contributed by atoms with Crippen LogP contribution in [0, 0.1) is 15.5 Å². The van der Waals surface area contributed by atoms with E-state index in [4.69, 9.17) is 5.41 Å². The van der Waals surface area contributed by atoms with Crippen LogP contribution in [0.5, 0.6) is 0 Å². The summed E-state index contributed by atoms with van der Waals surface area (Å²) in [7, 11) is 0. The molecule has 0 heterocycles. The molecule has 0 aliphatic heterocycles. The Morgan fingerprint density at radius 2 is 2.08 bits per heavy atom. The van der Waals surface area contributed by atoms with Gasteiger partial charge in [0.25, 0.3) is 5.70 Å². The number of hydrogen-bond acceptors (Lipinski definition) is 3. The molecule has 0 aromatic carbocycles. The SMILES string of the molecule is CC(C)=C1C=CC([N+](=O)[O-])=CC1=N. The predicted octanol–water partition coefficient (Wildman–Crippen LogP) is 2.07. The number of hydrogen-bond donors (Lipinski definition) is 1. The molecule has 1 N–H and O–H groups in total. The molecule has 0 atom stereocenters. The van der Waals surface area contributed by atoms with E-state index >= 15 is 0 Å². The minimum absolute atomic E-state index is 0.0324. The average molecular weight is 178 g/mol. The van der Waals surface area contributed by atoms with Gasteiger partial charge in [0, 0.05) is 12.2 Å². The standard InChI is InChI=1S/C9H10N2O2/c1-6(2)8-4-3-7(11(12)13)5-9(8)10/h3-5,10H,1-2H3. The molecule has 0 spiro atoms. The first-order valence-electron chi connectivity index (χ1n) is 3.83. The van der Waals surface area contributed by atoms with Crippen LogP contribution in [0.3, 0.4) is 0 Å². The van der Waals surface area contributed by atoms with Crippen molar-refractivity contribution < 1.29 is 4.92 Å². The highest BCUT2D eigenvalue weighted by molar-refractivity contribution is 6.10. The van der Waals surface area contributed by atoms with Crippen molar-refractivity contribution in [3.63, 3.8) is 0 Å². The largest absolute Gasteiger partial charge is 0.300 e. The first-order chi connectivity index (χ1) is 6.02. The fourth-order valence-electron chi connectivity index (χ4n) is 1.08. The van der Waals surface area contributed by atoms with Gasteiger partial charge < -0.3 is 5.41 Å². The summed E-state index contributed by atoms with van der Waals surface area (Å²) >= 11 is 0. The Morgan fingerprint density at radius 1 is 1.46 bits per heavy atom. The van der Waals surface area contributed by atoms with E-state index in [2.05, 4.69) is 0 Å². The minimum Gasteiger partial charge on any atom is -0.300 e. The average Bonchev–Trinajstić information content (AvgIpc) is 2.03. The molecular formula is C9H10N2O2. The maximum absolute atomic E-state index is 10.3. The Kier molecular flexibility index (Phi) is 2.41. The lowest BCUT2D eigenvalue weighted by molar-refractivity contribution is -0.418. The Labute approximate surface area is 75.9 Å². The Bertz CT molecular complexity index is 358. The molecule has 4 heteroatoms. The van der Waals surface area contributed by atoms with Crippen molar-refractivity contribution in [1.29, 1.82) is 5.41 Å². The van der Waals surface area contributed by atoms with Gasteiger partial charge in [-0.05, 0) is 25.5 Å². The highest BCUT2D eigenvalue weighted by atomic mass is 16.6. The molecule has 0 saturated carbocycles. The zero-order valence-electron chi connectivity index (χ0n) is 7.50. The molecule has 1 aliphatic carbocycles. The van der Waals surface area contributed by atoms with E-state index in [-0.39, 0.29) is 11.4 Å². The van der Waals surface area contributed by atoms with E-state index in [0.29, 0.717) is 0 Å². The Hall–Kier alpha value is -1.71. The van der Waals surface area contributed by atoms with Crippen molar-refractivity contribution in [2.24, 2.45) is 0 Å². The summed E-state index contributed by atoms with van der Waals surface area (Å²) in [6.45, 7) is 3.75. The maximum Gasteiger partial charge on any atom is 0.271 e. The maximum atomic E-state index is 10.3. The quantitative estimate of drug-likeness (QED) is 0.493. The van der Waals surface area contributed by atoms with Gasteiger partial charge >= 0.3 is 0 Å². The van der Waals surface area contributed by atoms with Gasteiger partial charge in [-0.1, -0.05) is 5.57 Å². The fourth-order valence-corrected chi connectivity index (χ4v) is 1.08. The second-order valence-electron chi connectivity index (χ2n) is 2.99. The first kappa shape index (κ1) is 9.38. The molecule has 0 aromatic rings. The third-order valence-corrected chi connectivity index (χ3v) is 1.75. The summed E-state index contributed by atoms with van der Waals surface area (Å²) in [5, 5.41) is 17.9. The van der Waals surface area contributed by atoms with Crippen molar-refractivity contribution in [2.45, 2.75) is 13.8 Å². The fraction of sp³-hybridized carbons (Fsp3) is 0.222. The second-order valence-corrected chi connectivity index (χ2v) is 2.99. The normalized spacial score (nSPS) is 15.7. The highest BCUT2D eigenvalue weighted by Crippen LogP contribution is 2.16. The van der Waals surface area contributed by atoms with Crippen molar-refractivity contribution in [2.75, 3.05) is 0 Å². The van der Waals surface area contributed by atoms with Gasteiger partial charge in [0.05, 0.1) is 10.6 Å². The summed E-state index contributed by atoms with van der Waals surface area (Å²) in [5.74, 6) is 0. The summed E-state index contributed by atoms with van der Waals surface area (Å²) in [6, 6.07) is 0.